The molecule has 0 amide bonds. The van der Waals surface area contributed by atoms with E-state index in [1.54, 1.807) is 21.3 Å². The highest BCUT2D eigenvalue weighted by Crippen LogP contribution is 2.29. The number of piperidine rings is 1. The molecule has 2 N–H and O–H groups in total. The molecule has 0 atom stereocenters. The summed E-state index contributed by atoms with van der Waals surface area (Å²) in [5.74, 6) is 3.10. The summed E-state index contributed by atoms with van der Waals surface area (Å²) in [6.07, 6.45) is 5.68. The van der Waals surface area contributed by atoms with Gasteiger partial charge in [-0.05, 0) is 49.1 Å². The SMILES string of the molecule is CN=C(NCc1ccnc(N2CCCCC2)c1)Nc1ccc(OC)c(OC)c1. The van der Waals surface area contributed by atoms with E-state index in [1.165, 1.54) is 24.8 Å². The van der Waals surface area contributed by atoms with Crippen molar-refractivity contribution in [1.29, 1.82) is 0 Å². The monoisotopic (exact) mass is 383 g/mol. The Morgan fingerprint density at radius 2 is 1.86 bits per heavy atom. The predicted molar refractivity (Wildman–Crippen MR) is 114 cm³/mol. The van der Waals surface area contributed by atoms with E-state index < -0.39 is 0 Å². The highest BCUT2D eigenvalue weighted by atomic mass is 16.5. The Hall–Kier alpha value is -2.96. The van der Waals surface area contributed by atoms with Gasteiger partial charge in [-0.3, -0.25) is 4.99 Å². The van der Waals surface area contributed by atoms with E-state index in [-0.39, 0.29) is 0 Å². The lowest BCUT2D eigenvalue weighted by atomic mass is 10.1. The lowest BCUT2D eigenvalue weighted by molar-refractivity contribution is 0.355. The number of aliphatic imine (C=N–C) groups is 1. The van der Waals surface area contributed by atoms with Crippen LogP contribution < -0.4 is 25.0 Å². The fraction of sp³-hybridized carbons (Fsp3) is 0.429. The van der Waals surface area contributed by atoms with E-state index in [4.69, 9.17) is 9.47 Å². The van der Waals surface area contributed by atoms with E-state index in [9.17, 15) is 0 Å². The van der Waals surface area contributed by atoms with Crippen LogP contribution in [0.25, 0.3) is 0 Å². The number of hydrogen-bond acceptors (Lipinski definition) is 5. The van der Waals surface area contributed by atoms with Crippen molar-refractivity contribution in [3.63, 3.8) is 0 Å². The zero-order valence-corrected chi connectivity index (χ0v) is 16.9. The average Bonchev–Trinajstić information content (AvgIpc) is 2.77. The lowest BCUT2D eigenvalue weighted by Crippen LogP contribution is -2.31. The molecule has 1 saturated heterocycles. The number of ether oxygens (including phenoxy) is 2. The van der Waals surface area contributed by atoms with E-state index in [0.717, 1.165) is 24.6 Å². The number of nitrogens with zero attached hydrogens (tertiary/aromatic N) is 3. The van der Waals surface area contributed by atoms with Crippen molar-refractivity contribution in [2.75, 3.05) is 44.6 Å². The summed E-state index contributed by atoms with van der Waals surface area (Å²) in [6, 6.07) is 9.86. The Bertz CT molecular complexity index is 803. The molecule has 0 radical (unpaired) electrons. The predicted octanol–water partition coefficient (Wildman–Crippen LogP) is 3.28. The fourth-order valence-corrected chi connectivity index (χ4v) is 3.28. The van der Waals surface area contributed by atoms with Crippen LogP contribution in [0.1, 0.15) is 24.8 Å². The highest BCUT2D eigenvalue weighted by Gasteiger charge is 2.12. The first-order valence-electron chi connectivity index (χ1n) is 9.63. The molecule has 0 unspecified atom stereocenters. The first kappa shape index (κ1) is 19.8. The smallest absolute Gasteiger partial charge is 0.195 e. The molecule has 1 aromatic carbocycles. The number of anilines is 2. The summed E-state index contributed by atoms with van der Waals surface area (Å²) in [5, 5.41) is 6.63. The molecular weight excluding hydrogens is 354 g/mol. The molecule has 0 spiro atoms. The highest BCUT2D eigenvalue weighted by molar-refractivity contribution is 5.93. The number of nitrogens with one attached hydrogen (secondary N) is 2. The average molecular weight is 383 g/mol. The molecule has 1 aliphatic heterocycles. The number of hydrogen-bond donors (Lipinski definition) is 2. The summed E-state index contributed by atoms with van der Waals surface area (Å²) in [5.41, 5.74) is 2.04. The Morgan fingerprint density at radius 1 is 1.07 bits per heavy atom. The number of guanidine groups is 1. The summed E-state index contributed by atoms with van der Waals surface area (Å²) in [6.45, 7) is 2.84. The maximum Gasteiger partial charge on any atom is 0.195 e. The number of benzene rings is 1. The molecule has 3 rings (SSSR count). The second-order valence-electron chi connectivity index (χ2n) is 6.69. The van der Waals surface area contributed by atoms with Gasteiger partial charge in [-0.15, -0.1) is 0 Å². The molecule has 7 heteroatoms. The molecular formula is C21H29N5O2. The summed E-state index contributed by atoms with van der Waals surface area (Å²) in [4.78, 5) is 11.2. The van der Waals surface area contributed by atoms with Gasteiger partial charge in [0.25, 0.3) is 0 Å². The Kier molecular flexibility index (Phi) is 6.94. The number of rotatable bonds is 6. The molecule has 28 heavy (non-hydrogen) atoms. The van der Waals surface area contributed by atoms with Gasteiger partial charge in [0, 0.05) is 44.6 Å². The molecule has 2 aromatic rings. The fourth-order valence-electron chi connectivity index (χ4n) is 3.28. The Balaban J connectivity index is 1.61. The number of methoxy groups -OCH3 is 2. The molecule has 1 fully saturated rings. The third-order valence-electron chi connectivity index (χ3n) is 4.82. The molecule has 2 heterocycles. The van der Waals surface area contributed by atoms with Gasteiger partial charge in [-0.25, -0.2) is 4.98 Å². The van der Waals surface area contributed by atoms with Crippen LogP contribution in [0.5, 0.6) is 11.5 Å². The van der Waals surface area contributed by atoms with Crippen LogP contribution in [0, 0.1) is 0 Å². The van der Waals surface area contributed by atoms with Gasteiger partial charge in [0.1, 0.15) is 5.82 Å². The van der Waals surface area contributed by atoms with Crippen LogP contribution in [0.2, 0.25) is 0 Å². The van der Waals surface area contributed by atoms with Crippen molar-refractivity contribution in [3.8, 4) is 11.5 Å². The molecule has 150 valence electrons. The van der Waals surface area contributed by atoms with Gasteiger partial charge < -0.3 is 25.0 Å². The maximum absolute atomic E-state index is 5.36. The Labute approximate surface area is 166 Å². The lowest BCUT2D eigenvalue weighted by Gasteiger charge is -2.28. The Morgan fingerprint density at radius 3 is 2.57 bits per heavy atom. The van der Waals surface area contributed by atoms with Gasteiger partial charge in [0.2, 0.25) is 0 Å². The van der Waals surface area contributed by atoms with Crippen molar-refractivity contribution in [1.82, 2.24) is 10.3 Å². The molecule has 0 aliphatic carbocycles. The largest absolute Gasteiger partial charge is 0.493 e. The quantitative estimate of drug-likeness (QED) is 0.589. The van der Waals surface area contributed by atoms with Crippen LogP contribution in [-0.2, 0) is 6.54 Å². The van der Waals surface area contributed by atoms with Crippen LogP contribution >= 0.6 is 0 Å². The van der Waals surface area contributed by atoms with Crippen LogP contribution in [0.3, 0.4) is 0 Å². The van der Waals surface area contributed by atoms with Crippen LogP contribution in [-0.4, -0.2) is 45.3 Å². The van der Waals surface area contributed by atoms with E-state index in [2.05, 4.69) is 31.6 Å². The van der Waals surface area contributed by atoms with Gasteiger partial charge in [-0.2, -0.15) is 0 Å². The van der Waals surface area contributed by atoms with E-state index in [0.29, 0.717) is 24.0 Å². The molecule has 1 aromatic heterocycles. The van der Waals surface area contributed by atoms with Gasteiger partial charge in [0.05, 0.1) is 14.2 Å². The molecule has 0 saturated carbocycles. The minimum Gasteiger partial charge on any atom is -0.493 e. The van der Waals surface area contributed by atoms with Crippen molar-refractivity contribution in [3.05, 3.63) is 42.1 Å². The molecule has 1 aliphatic rings. The van der Waals surface area contributed by atoms with E-state index in [1.807, 2.05) is 30.5 Å². The summed E-state index contributed by atoms with van der Waals surface area (Å²) >= 11 is 0. The van der Waals surface area contributed by atoms with Crippen molar-refractivity contribution in [2.24, 2.45) is 4.99 Å². The third kappa shape index (κ3) is 5.06. The van der Waals surface area contributed by atoms with Crippen molar-refractivity contribution >= 4 is 17.5 Å². The van der Waals surface area contributed by atoms with Crippen molar-refractivity contribution in [2.45, 2.75) is 25.8 Å². The second kappa shape index (κ2) is 9.82. The summed E-state index contributed by atoms with van der Waals surface area (Å²) < 4.78 is 10.6. The summed E-state index contributed by atoms with van der Waals surface area (Å²) in [7, 11) is 5.00. The zero-order chi connectivity index (χ0) is 19.8. The minimum atomic E-state index is 0.663. The topological polar surface area (TPSA) is 71.0 Å². The number of aromatic nitrogens is 1. The standard InChI is InChI=1S/C21H29N5O2/c1-22-21(25-17-7-8-18(27-2)19(14-17)28-3)24-15-16-9-10-23-20(13-16)26-11-5-4-6-12-26/h7-10,13-14H,4-6,11-12,15H2,1-3H3,(H2,22,24,25). The first-order valence-corrected chi connectivity index (χ1v) is 9.63. The normalized spacial score (nSPS) is 14.5. The zero-order valence-electron chi connectivity index (χ0n) is 16.9. The van der Waals surface area contributed by atoms with Gasteiger partial charge >= 0.3 is 0 Å². The molecule has 7 nitrogen and oxygen atoms in total. The number of pyridine rings is 1. The van der Waals surface area contributed by atoms with Crippen LogP contribution in [0.15, 0.2) is 41.5 Å². The maximum atomic E-state index is 5.36. The third-order valence-corrected chi connectivity index (χ3v) is 4.82. The van der Waals surface area contributed by atoms with Gasteiger partial charge in [0.15, 0.2) is 17.5 Å². The molecule has 0 bridgehead atoms. The van der Waals surface area contributed by atoms with Crippen LogP contribution in [0.4, 0.5) is 11.5 Å². The van der Waals surface area contributed by atoms with Gasteiger partial charge in [-0.1, -0.05) is 0 Å². The first-order chi connectivity index (χ1) is 13.7. The second-order valence-corrected chi connectivity index (χ2v) is 6.69. The van der Waals surface area contributed by atoms with E-state index >= 15 is 0 Å². The van der Waals surface area contributed by atoms with Crippen molar-refractivity contribution < 1.29 is 9.47 Å². The minimum absolute atomic E-state index is 0.663.